The van der Waals surface area contributed by atoms with E-state index in [1.165, 1.54) is 9.13 Å². The summed E-state index contributed by atoms with van der Waals surface area (Å²) >= 11 is 2.29. The summed E-state index contributed by atoms with van der Waals surface area (Å²) in [4.78, 5) is 4.01. The molecule has 0 radical (unpaired) electrons. The van der Waals surface area contributed by atoms with E-state index in [0.717, 1.165) is 12.2 Å². The van der Waals surface area contributed by atoms with Gasteiger partial charge in [-0.25, -0.2) is 4.98 Å². The molecule has 0 amide bonds. The normalized spacial score (nSPS) is 10.5. The molecule has 0 fully saturated rings. The maximum atomic E-state index is 9.08. The summed E-state index contributed by atoms with van der Waals surface area (Å²) in [5, 5.41) is 9.08. The molecule has 0 atom stereocenters. The van der Waals surface area contributed by atoms with E-state index in [4.69, 9.17) is 5.11 Å². The second-order valence-corrected chi connectivity index (χ2v) is 4.55. The van der Waals surface area contributed by atoms with E-state index in [2.05, 4.69) is 45.8 Å². The molecule has 0 aliphatic carbocycles. The van der Waals surface area contributed by atoms with E-state index >= 15 is 0 Å². The number of benzene rings is 1. The second-order valence-electron chi connectivity index (χ2n) is 3.30. The van der Waals surface area contributed by atoms with Gasteiger partial charge in [0.25, 0.3) is 0 Å². The van der Waals surface area contributed by atoms with Crippen molar-refractivity contribution in [1.29, 1.82) is 0 Å². The van der Waals surface area contributed by atoms with Crippen molar-refractivity contribution in [1.82, 2.24) is 9.55 Å². The summed E-state index contributed by atoms with van der Waals surface area (Å²) in [5.41, 5.74) is 2.06. The Morgan fingerprint density at radius 1 is 1.40 bits per heavy atom. The Hall–Kier alpha value is -0.880. The summed E-state index contributed by atoms with van der Waals surface area (Å²) < 4.78 is 3.17. The van der Waals surface area contributed by atoms with Crippen LogP contribution in [0.5, 0.6) is 0 Å². The van der Waals surface area contributed by atoms with Crippen molar-refractivity contribution in [2.45, 2.75) is 13.2 Å². The van der Waals surface area contributed by atoms with Gasteiger partial charge in [0.15, 0.2) is 0 Å². The van der Waals surface area contributed by atoms with E-state index in [9.17, 15) is 0 Å². The van der Waals surface area contributed by atoms with Crippen LogP contribution in [-0.2, 0) is 13.2 Å². The highest BCUT2D eigenvalue weighted by Gasteiger charge is 2.01. The minimum Gasteiger partial charge on any atom is -0.390 e. The van der Waals surface area contributed by atoms with Gasteiger partial charge in [-0.1, -0.05) is 12.1 Å². The standard InChI is InChI=1S/C11H11IN2O/c12-10-3-1-2-9(4-10)6-14-8-13-5-11(14)7-15/h1-5,8,15H,6-7H2. The minimum absolute atomic E-state index is 0.0317. The van der Waals surface area contributed by atoms with Crippen molar-refractivity contribution < 1.29 is 5.11 Å². The molecule has 1 N–H and O–H groups in total. The SMILES string of the molecule is OCc1cncn1Cc1cccc(I)c1. The predicted octanol–water partition coefficient (Wildman–Crippen LogP) is 2.03. The van der Waals surface area contributed by atoms with Crippen molar-refractivity contribution >= 4 is 22.6 Å². The Morgan fingerprint density at radius 3 is 3.00 bits per heavy atom. The van der Waals surface area contributed by atoms with Crippen LogP contribution in [-0.4, -0.2) is 14.7 Å². The van der Waals surface area contributed by atoms with Gasteiger partial charge in [-0.05, 0) is 40.3 Å². The topological polar surface area (TPSA) is 38.1 Å². The predicted molar refractivity (Wildman–Crippen MR) is 66.4 cm³/mol. The molecule has 0 saturated carbocycles. The molecule has 1 heterocycles. The van der Waals surface area contributed by atoms with E-state index in [-0.39, 0.29) is 6.61 Å². The summed E-state index contributed by atoms with van der Waals surface area (Å²) in [7, 11) is 0. The van der Waals surface area contributed by atoms with Crippen molar-refractivity contribution in [3.63, 3.8) is 0 Å². The number of aliphatic hydroxyl groups excluding tert-OH is 1. The van der Waals surface area contributed by atoms with Gasteiger partial charge in [0.05, 0.1) is 24.8 Å². The average Bonchev–Trinajstić information content (AvgIpc) is 2.65. The summed E-state index contributed by atoms with van der Waals surface area (Å²) in [6, 6.07) is 8.29. The number of hydrogen-bond acceptors (Lipinski definition) is 2. The molecule has 2 rings (SSSR count). The maximum absolute atomic E-state index is 9.08. The molecular formula is C11H11IN2O. The zero-order valence-electron chi connectivity index (χ0n) is 8.10. The van der Waals surface area contributed by atoms with Crippen molar-refractivity contribution in [2.75, 3.05) is 0 Å². The number of hydrogen-bond donors (Lipinski definition) is 1. The van der Waals surface area contributed by atoms with E-state index in [0.29, 0.717) is 0 Å². The van der Waals surface area contributed by atoms with Gasteiger partial charge < -0.3 is 9.67 Å². The first-order valence-corrected chi connectivity index (χ1v) is 5.72. The van der Waals surface area contributed by atoms with Crippen LogP contribution in [0.25, 0.3) is 0 Å². The number of nitrogens with zero attached hydrogens (tertiary/aromatic N) is 2. The van der Waals surface area contributed by atoms with Crippen molar-refractivity contribution in [3.05, 3.63) is 51.6 Å². The molecule has 0 aliphatic rings. The molecule has 0 aliphatic heterocycles. The fraction of sp³-hybridized carbons (Fsp3) is 0.182. The number of aromatic nitrogens is 2. The number of aliphatic hydroxyl groups is 1. The van der Waals surface area contributed by atoms with Gasteiger partial charge in [0.2, 0.25) is 0 Å². The molecule has 0 bridgehead atoms. The van der Waals surface area contributed by atoms with Crippen molar-refractivity contribution in [3.8, 4) is 0 Å². The number of halogens is 1. The molecule has 78 valence electrons. The summed E-state index contributed by atoms with van der Waals surface area (Å²) in [6.07, 6.45) is 3.43. The molecule has 1 aromatic heterocycles. The molecular weight excluding hydrogens is 303 g/mol. The zero-order valence-corrected chi connectivity index (χ0v) is 10.3. The van der Waals surface area contributed by atoms with Gasteiger partial charge in [-0.3, -0.25) is 0 Å². The molecule has 2 aromatic rings. The van der Waals surface area contributed by atoms with Gasteiger partial charge in [0, 0.05) is 10.1 Å². The lowest BCUT2D eigenvalue weighted by molar-refractivity contribution is 0.271. The maximum Gasteiger partial charge on any atom is 0.0952 e. The molecule has 4 heteroatoms. The summed E-state index contributed by atoms with van der Waals surface area (Å²) in [6.45, 7) is 0.788. The van der Waals surface area contributed by atoms with Crippen molar-refractivity contribution in [2.24, 2.45) is 0 Å². The minimum atomic E-state index is 0.0317. The van der Waals surface area contributed by atoms with Crippen LogP contribution in [0, 0.1) is 3.57 Å². The third kappa shape index (κ3) is 2.57. The van der Waals surface area contributed by atoms with Crippen LogP contribution in [0.2, 0.25) is 0 Å². The fourth-order valence-corrected chi connectivity index (χ4v) is 2.06. The van der Waals surface area contributed by atoms with Gasteiger partial charge in [-0.2, -0.15) is 0 Å². The van der Waals surface area contributed by atoms with E-state index in [1.54, 1.807) is 12.5 Å². The first kappa shape index (κ1) is 10.6. The number of rotatable bonds is 3. The van der Waals surface area contributed by atoms with E-state index in [1.807, 2.05) is 10.6 Å². The molecule has 0 spiro atoms. The molecule has 0 saturated heterocycles. The lowest BCUT2D eigenvalue weighted by Crippen LogP contribution is -2.03. The molecule has 3 nitrogen and oxygen atoms in total. The third-order valence-electron chi connectivity index (χ3n) is 2.20. The highest BCUT2D eigenvalue weighted by molar-refractivity contribution is 14.1. The molecule has 1 aromatic carbocycles. The Kier molecular flexibility index (Phi) is 3.37. The zero-order chi connectivity index (χ0) is 10.7. The van der Waals surface area contributed by atoms with Gasteiger partial charge in [0.1, 0.15) is 0 Å². The van der Waals surface area contributed by atoms with Crippen LogP contribution < -0.4 is 0 Å². The van der Waals surface area contributed by atoms with Gasteiger partial charge >= 0.3 is 0 Å². The lowest BCUT2D eigenvalue weighted by atomic mass is 10.2. The Bertz CT molecular complexity index is 453. The fourth-order valence-electron chi connectivity index (χ4n) is 1.45. The monoisotopic (exact) mass is 314 g/mol. The van der Waals surface area contributed by atoms with E-state index < -0.39 is 0 Å². The second kappa shape index (κ2) is 4.76. The Labute approximate surface area is 102 Å². The van der Waals surface area contributed by atoms with Crippen LogP contribution in [0.1, 0.15) is 11.3 Å². The van der Waals surface area contributed by atoms with Crippen LogP contribution >= 0.6 is 22.6 Å². The summed E-state index contributed by atoms with van der Waals surface area (Å²) in [5.74, 6) is 0. The number of imidazole rings is 1. The van der Waals surface area contributed by atoms with Crippen LogP contribution in [0.3, 0.4) is 0 Å². The largest absolute Gasteiger partial charge is 0.390 e. The Morgan fingerprint density at radius 2 is 2.27 bits per heavy atom. The highest BCUT2D eigenvalue weighted by atomic mass is 127. The van der Waals surface area contributed by atoms with Gasteiger partial charge in [-0.15, -0.1) is 0 Å². The third-order valence-corrected chi connectivity index (χ3v) is 2.87. The first-order chi connectivity index (χ1) is 7.29. The first-order valence-electron chi connectivity index (χ1n) is 4.64. The van der Waals surface area contributed by atoms with Crippen LogP contribution in [0.15, 0.2) is 36.8 Å². The molecule has 15 heavy (non-hydrogen) atoms. The Balaban J connectivity index is 2.22. The molecule has 0 unspecified atom stereocenters. The average molecular weight is 314 g/mol. The van der Waals surface area contributed by atoms with Crippen LogP contribution in [0.4, 0.5) is 0 Å². The highest BCUT2D eigenvalue weighted by Crippen LogP contribution is 2.10. The lowest BCUT2D eigenvalue weighted by Gasteiger charge is -2.06. The smallest absolute Gasteiger partial charge is 0.0952 e. The quantitative estimate of drug-likeness (QED) is 0.881.